The fourth-order valence-electron chi connectivity index (χ4n) is 0.728. The molecule has 0 aliphatic carbocycles. The van der Waals surface area contributed by atoms with Crippen LogP contribution in [0.1, 0.15) is 20.3 Å². The molecule has 0 fully saturated rings. The summed E-state index contributed by atoms with van der Waals surface area (Å²) in [5, 5.41) is 0. The van der Waals surface area contributed by atoms with Crippen molar-refractivity contribution in [3.63, 3.8) is 0 Å². The third kappa shape index (κ3) is 1.12. The number of allylic oxidation sites excluding steroid dienone is 4. The maximum Gasteiger partial charge on any atom is 0.0968 e. The first kappa shape index (κ1) is 5.42. The van der Waals surface area contributed by atoms with Gasteiger partial charge in [-0.05, 0) is 32.4 Å². The van der Waals surface area contributed by atoms with Gasteiger partial charge in [0.15, 0.2) is 0 Å². The molecular weight excluding hydrogens is 100 g/mol. The van der Waals surface area contributed by atoms with E-state index in [9.17, 15) is 0 Å². The SMILES string of the molecule is CC1=CCC=C(C)O1. The van der Waals surface area contributed by atoms with Crippen LogP contribution in [0.4, 0.5) is 0 Å². The van der Waals surface area contributed by atoms with Crippen LogP contribution in [-0.2, 0) is 4.74 Å². The van der Waals surface area contributed by atoms with Crippen molar-refractivity contribution in [3.8, 4) is 0 Å². The predicted octanol–water partition coefficient (Wildman–Crippen LogP) is 2.21. The molecule has 0 radical (unpaired) electrons. The average molecular weight is 110 g/mol. The second-order valence-corrected chi connectivity index (χ2v) is 1.97. The minimum atomic E-state index is 1.02. The molecule has 0 aromatic carbocycles. The summed E-state index contributed by atoms with van der Waals surface area (Å²) in [6.45, 7) is 3.94. The number of ether oxygens (including phenoxy) is 1. The van der Waals surface area contributed by atoms with Gasteiger partial charge >= 0.3 is 0 Å². The van der Waals surface area contributed by atoms with E-state index in [4.69, 9.17) is 4.74 Å². The van der Waals surface area contributed by atoms with E-state index in [1.807, 2.05) is 13.8 Å². The van der Waals surface area contributed by atoms with Gasteiger partial charge in [0.25, 0.3) is 0 Å². The Balaban J connectivity index is 2.57. The van der Waals surface area contributed by atoms with Crippen LogP contribution < -0.4 is 0 Å². The molecule has 0 N–H and O–H groups in total. The monoisotopic (exact) mass is 110 g/mol. The summed E-state index contributed by atoms with van der Waals surface area (Å²) in [7, 11) is 0. The summed E-state index contributed by atoms with van der Waals surface area (Å²) in [5.41, 5.74) is 0. The molecule has 1 rings (SSSR count). The highest BCUT2D eigenvalue weighted by Crippen LogP contribution is 2.12. The van der Waals surface area contributed by atoms with Crippen LogP contribution in [0.25, 0.3) is 0 Å². The van der Waals surface area contributed by atoms with Gasteiger partial charge in [0, 0.05) is 0 Å². The molecule has 0 saturated carbocycles. The van der Waals surface area contributed by atoms with E-state index in [1.165, 1.54) is 0 Å². The van der Waals surface area contributed by atoms with Gasteiger partial charge in [0.05, 0.1) is 11.5 Å². The second kappa shape index (κ2) is 2.03. The molecule has 1 aliphatic heterocycles. The molecule has 8 heavy (non-hydrogen) atoms. The van der Waals surface area contributed by atoms with E-state index in [2.05, 4.69) is 12.2 Å². The zero-order valence-electron chi connectivity index (χ0n) is 5.27. The van der Waals surface area contributed by atoms with Crippen molar-refractivity contribution >= 4 is 0 Å². The molecule has 0 aromatic rings. The molecule has 0 aromatic heterocycles. The topological polar surface area (TPSA) is 9.23 Å². The Morgan fingerprint density at radius 2 is 1.75 bits per heavy atom. The van der Waals surface area contributed by atoms with Crippen LogP contribution in [0.15, 0.2) is 23.7 Å². The van der Waals surface area contributed by atoms with Crippen LogP contribution >= 0.6 is 0 Å². The van der Waals surface area contributed by atoms with Gasteiger partial charge in [-0.1, -0.05) is 0 Å². The number of hydrogen-bond acceptors (Lipinski definition) is 1. The molecule has 0 saturated heterocycles. The number of rotatable bonds is 0. The molecule has 44 valence electrons. The number of hydrogen-bond donors (Lipinski definition) is 0. The third-order valence-corrected chi connectivity index (χ3v) is 1.13. The molecule has 1 aliphatic rings. The van der Waals surface area contributed by atoms with Crippen LogP contribution in [0, 0.1) is 0 Å². The molecule has 1 heteroatoms. The molecule has 0 bridgehead atoms. The Morgan fingerprint density at radius 1 is 1.25 bits per heavy atom. The summed E-state index contributed by atoms with van der Waals surface area (Å²) >= 11 is 0. The third-order valence-electron chi connectivity index (χ3n) is 1.13. The average Bonchev–Trinajstić information content (AvgIpc) is 1.64. The van der Waals surface area contributed by atoms with E-state index < -0.39 is 0 Å². The van der Waals surface area contributed by atoms with Gasteiger partial charge in [0.1, 0.15) is 0 Å². The van der Waals surface area contributed by atoms with Crippen molar-refractivity contribution in [1.82, 2.24) is 0 Å². The Hall–Kier alpha value is -0.720. The highest BCUT2D eigenvalue weighted by atomic mass is 16.5. The van der Waals surface area contributed by atoms with Crippen molar-refractivity contribution in [2.75, 3.05) is 0 Å². The Kier molecular flexibility index (Phi) is 1.38. The highest BCUT2D eigenvalue weighted by molar-refractivity contribution is 5.06. The first-order valence-electron chi connectivity index (χ1n) is 2.80. The van der Waals surface area contributed by atoms with Gasteiger partial charge in [-0.3, -0.25) is 0 Å². The van der Waals surface area contributed by atoms with E-state index in [0.717, 1.165) is 17.9 Å². The van der Waals surface area contributed by atoms with E-state index >= 15 is 0 Å². The molecule has 0 atom stereocenters. The summed E-state index contributed by atoms with van der Waals surface area (Å²) < 4.78 is 5.21. The first-order valence-corrected chi connectivity index (χ1v) is 2.80. The predicted molar refractivity (Wildman–Crippen MR) is 33.2 cm³/mol. The lowest BCUT2D eigenvalue weighted by Crippen LogP contribution is -1.89. The van der Waals surface area contributed by atoms with Crippen LogP contribution in [-0.4, -0.2) is 0 Å². The smallest absolute Gasteiger partial charge is 0.0968 e. The van der Waals surface area contributed by atoms with E-state index in [0.29, 0.717) is 0 Å². The van der Waals surface area contributed by atoms with Gasteiger partial charge in [-0.2, -0.15) is 0 Å². The Bertz CT molecular complexity index is 126. The Morgan fingerprint density at radius 3 is 2.00 bits per heavy atom. The van der Waals surface area contributed by atoms with E-state index in [-0.39, 0.29) is 0 Å². The lowest BCUT2D eigenvalue weighted by molar-refractivity contribution is 0.300. The van der Waals surface area contributed by atoms with Gasteiger partial charge in [-0.25, -0.2) is 0 Å². The standard InChI is InChI=1S/C7H10O/c1-6-4-3-5-7(2)8-6/h4-5H,3H2,1-2H3. The molecular formula is C7H10O. The molecule has 0 unspecified atom stereocenters. The molecule has 1 nitrogen and oxygen atoms in total. The van der Waals surface area contributed by atoms with Crippen molar-refractivity contribution in [1.29, 1.82) is 0 Å². The minimum Gasteiger partial charge on any atom is -0.467 e. The van der Waals surface area contributed by atoms with Crippen LogP contribution in [0.5, 0.6) is 0 Å². The maximum atomic E-state index is 5.21. The molecule has 1 heterocycles. The van der Waals surface area contributed by atoms with Crippen molar-refractivity contribution in [2.24, 2.45) is 0 Å². The van der Waals surface area contributed by atoms with Gasteiger partial charge in [0.2, 0.25) is 0 Å². The van der Waals surface area contributed by atoms with Crippen molar-refractivity contribution < 1.29 is 4.74 Å². The Labute approximate surface area is 49.7 Å². The summed E-state index contributed by atoms with van der Waals surface area (Å²) in [4.78, 5) is 0. The first-order chi connectivity index (χ1) is 3.79. The fourth-order valence-corrected chi connectivity index (χ4v) is 0.728. The fraction of sp³-hybridized carbons (Fsp3) is 0.429. The largest absolute Gasteiger partial charge is 0.467 e. The maximum absolute atomic E-state index is 5.21. The van der Waals surface area contributed by atoms with Gasteiger partial charge < -0.3 is 4.74 Å². The van der Waals surface area contributed by atoms with Gasteiger partial charge in [-0.15, -0.1) is 0 Å². The second-order valence-electron chi connectivity index (χ2n) is 1.97. The van der Waals surface area contributed by atoms with Crippen LogP contribution in [0.3, 0.4) is 0 Å². The zero-order valence-corrected chi connectivity index (χ0v) is 5.27. The van der Waals surface area contributed by atoms with Crippen LogP contribution in [0.2, 0.25) is 0 Å². The molecule has 0 amide bonds. The summed E-state index contributed by atoms with van der Waals surface area (Å²) in [6, 6.07) is 0. The normalized spacial score (nSPS) is 18.8. The molecule has 0 spiro atoms. The zero-order chi connectivity index (χ0) is 5.98. The summed E-state index contributed by atoms with van der Waals surface area (Å²) in [5.74, 6) is 2.04. The van der Waals surface area contributed by atoms with Crippen molar-refractivity contribution in [2.45, 2.75) is 20.3 Å². The summed E-state index contributed by atoms with van der Waals surface area (Å²) in [6.07, 6.45) is 5.15. The van der Waals surface area contributed by atoms with Crippen molar-refractivity contribution in [3.05, 3.63) is 23.7 Å². The highest BCUT2D eigenvalue weighted by Gasteiger charge is 1.95. The quantitative estimate of drug-likeness (QED) is 0.464. The van der Waals surface area contributed by atoms with E-state index in [1.54, 1.807) is 0 Å². The minimum absolute atomic E-state index is 1.02. The lowest BCUT2D eigenvalue weighted by Gasteiger charge is -2.08. The lowest BCUT2D eigenvalue weighted by atomic mass is 10.3.